The Morgan fingerprint density at radius 1 is 1.06 bits per heavy atom. The summed E-state index contributed by atoms with van der Waals surface area (Å²) in [4.78, 5) is 26.2. The Labute approximate surface area is 193 Å². The van der Waals surface area contributed by atoms with Crippen molar-refractivity contribution >= 4 is 29.2 Å². The van der Waals surface area contributed by atoms with Gasteiger partial charge in [0.1, 0.15) is 0 Å². The summed E-state index contributed by atoms with van der Waals surface area (Å²) in [5.41, 5.74) is 1.02. The van der Waals surface area contributed by atoms with E-state index in [1.54, 1.807) is 0 Å². The number of benzene rings is 2. The lowest BCUT2D eigenvalue weighted by atomic mass is 10.1. The van der Waals surface area contributed by atoms with E-state index in [1.807, 2.05) is 35.2 Å². The van der Waals surface area contributed by atoms with Crippen LogP contribution in [0.5, 0.6) is 11.5 Å². The number of azo groups is 1. The maximum Gasteiger partial charge on any atom is 0.278 e. The van der Waals surface area contributed by atoms with Crippen molar-refractivity contribution in [3.8, 4) is 11.5 Å². The number of nitrogens with zero attached hydrogens (tertiary/aromatic N) is 7. The third-order valence-electron chi connectivity index (χ3n) is 5.11. The van der Waals surface area contributed by atoms with E-state index in [1.165, 1.54) is 12.1 Å². The monoisotopic (exact) mass is 464 g/mol. The Hall–Kier alpha value is -4.39. The van der Waals surface area contributed by atoms with E-state index in [0.717, 1.165) is 5.69 Å². The molecular weight excluding hydrogens is 444 g/mol. The second-order valence-corrected chi connectivity index (χ2v) is 7.34. The van der Waals surface area contributed by atoms with Crippen molar-refractivity contribution in [2.75, 3.05) is 43.3 Å². The summed E-state index contributed by atoms with van der Waals surface area (Å²) in [5.74, 6) is 1.60. The standard InChI is InChI=1S/C21H20N8O5/c30-29(31)16-11-18-17(33-13-34-18)10-14(16)12-22-27-20-24-19(23-15-4-2-1-3-5-15)25-21(26-20)28-6-8-32-9-7-28/h1-5,10-11H,6-9,12-13H2,(H,23,24,25,26). The van der Waals surface area contributed by atoms with E-state index in [2.05, 4.69) is 30.5 Å². The number of hydrogen-bond donors (Lipinski definition) is 1. The largest absolute Gasteiger partial charge is 0.454 e. The summed E-state index contributed by atoms with van der Waals surface area (Å²) < 4.78 is 16.0. The molecule has 1 fully saturated rings. The van der Waals surface area contributed by atoms with E-state index in [0.29, 0.717) is 55.3 Å². The number of nitro groups is 1. The van der Waals surface area contributed by atoms with Crippen LogP contribution in [0.2, 0.25) is 0 Å². The van der Waals surface area contributed by atoms with Crippen molar-refractivity contribution < 1.29 is 19.1 Å². The van der Waals surface area contributed by atoms with E-state index >= 15 is 0 Å². The predicted octanol–water partition coefficient (Wildman–Crippen LogP) is 3.37. The minimum absolute atomic E-state index is 0.0177. The Kier molecular flexibility index (Phi) is 6.07. The van der Waals surface area contributed by atoms with Gasteiger partial charge in [0.05, 0.1) is 36.3 Å². The molecule has 1 saturated heterocycles. The van der Waals surface area contributed by atoms with Gasteiger partial charge in [-0.1, -0.05) is 18.2 Å². The minimum Gasteiger partial charge on any atom is -0.454 e. The first-order valence-corrected chi connectivity index (χ1v) is 10.5. The van der Waals surface area contributed by atoms with Gasteiger partial charge in [-0.2, -0.15) is 20.1 Å². The van der Waals surface area contributed by atoms with Crippen LogP contribution in [-0.2, 0) is 11.3 Å². The highest BCUT2D eigenvalue weighted by atomic mass is 16.7. The first-order valence-electron chi connectivity index (χ1n) is 10.5. The molecule has 0 spiro atoms. The average molecular weight is 464 g/mol. The molecule has 0 radical (unpaired) electrons. The molecule has 1 N–H and O–H groups in total. The lowest BCUT2D eigenvalue weighted by molar-refractivity contribution is -0.385. The molecule has 2 aromatic carbocycles. The van der Waals surface area contributed by atoms with Crippen LogP contribution in [0.25, 0.3) is 0 Å². The number of morpholine rings is 1. The van der Waals surface area contributed by atoms with Gasteiger partial charge in [-0.05, 0) is 18.2 Å². The van der Waals surface area contributed by atoms with Gasteiger partial charge >= 0.3 is 0 Å². The zero-order valence-electron chi connectivity index (χ0n) is 18.0. The summed E-state index contributed by atoms with van der Waals surface area (Å²) in [5, 5.41) is 22.9. The van der Waals surface area contributed by atoms with Gasteiger partial charge < -0.3 is 24.4 Å². The van der Waals surface area contributed by atoms with Gasteiger partial charge in [-0.25, -0.2) is 0 Å². The van der Waals surface area contributed by atoms with Crippen LogP contribution in [0.15, 0.2) is 52.7 Å². The van der Waals surface area contributed by atoms with Crippen LogP contribution in [-0.4, -0.2) is 53.0 Å². The number of aromatic nitrogens is 3. The molecule has 0 atom stereocenters. The van der Waals surface area contributed by atoms with Crippen molar-refractivity contribution in [3.63, 3.8) is 0 Å². The third kappa shape index (κ3) is 4.83. The molecule has 2 aliphatic rings. The summed E-state index contributed by atoms with van der Waals surface area (Å²) >= 11 is 0. The Bertz CT molecular complexity index is 1220. The molecule has 0 bridgehead atoms. The van der Waals surface area contributed by atoms with E-state index in [9.17, 15) is 10.1 Å². The molecule has 0 aliphatic carbocycles. The maximum absolute atomic E-state index is 11.5. The van der Waals surface area contributed by atoms with Gasteiger partial charge in [-0.15, -0.1) is 5.11 Å². The quantitative estimate of drug-likeness (QED) is 0.313. The highest BCUT2D eigenvalue weighted by Crippen LogP contribution is 2.38. The van der Waals surface area contributed by atoms with E-state index in [-0.39, 0.29) is 25.0 Å². The van der Waals surface area contributed by atoms with Gasteiger partial charge in [0, 0.05) is 18.8 Å². The zero-order valence-corrected chi connectivity index (χ0v) is 18.0. The summed E-state index contributed by atoms with van der Waals surface area (Å²) in [7, 11) is 0. The summed E-state index contributed by atoms with van der Waals surface area (Å²) in [6, 6.07) is 12.3. The van der Waals surface area contributed by atoms with Gasteiger partial charge in [0.15, 0.2) is 11.5 Å². The summed E-state index contributed by atoms with van der Waals surface area (Å²) in [6.45, 7) is 2.36. The predicted molar refractivity (Wildman–Crippen MR) is 120 cm³/mol. The number of hydrogen-bond acceptors (Lipinski definition) is 12. The highest BCUT2D eigenvalue weighted by Gasteiger charge is 2.23. The van der Waals surface area contributed by atoms with Crippen LogP contribution in [0.3, 0.4) is 0 Å². The molecule has 2 aliphatic heterocycles. The maximum atomic E-state index is 11.5. The molecule has 3 heterocycles. The molecule has 1 aromatic heterocycles. The fourth-order valence-corrected chi connectivity index (χ4v) is 3.45. The first kappa shape index (κ1) is 21.5. The molecule has 174 valence electrons. The number of rotatable bonds is 7. The molecule has 5 rings (SSSR count). The molecule has 3 aromatic rings. The Morgan fingerprint density at radius 2 is 1.82 bits per heavy atom. The number of anilines is 3. The molecule has 13 nitrogen and oxygen atoms in total. The van der Waals surface area contributed by atoms with Crippen LogP contribution >= 0.6 is 0 Å². The topological polar surface area (TPSA) is 149 Å². The third-order valence-corrected chi connectivity index (χ3v) is 5.11. The molecule has 0 unspecified atom stereocenters. The number of nitro benzene ring substituents is 1. The average Bonchev–Trinajstić information content (AvgIpc) is 3.32. The van der Waals surface area contributed by atoms with Crippen molar-refractivity contribution in [2.24, 2.45) is 10.2 Å². The molecule has 0 saturated carbocycles. The molecule has 13 heteroatoms. The van der Waals surface area contributed by atoms with Crippen molar-refractivity contribution in [2.45, 2.75) is 6.54 Å². The van der Waals surface area contributed by atoms with Gasteiger partial charge in [0.2, 0.25) is 18.7 Å². The number of nitrogens with one attached hydrogen (secondary N) is 1. The van der Waals surface area contributed by atoms with Crippen LogP contribution in [0, 0.1) is 10.1 Å². The second-order valence-electron chi connectivity index (χ2n) is 7.34. The Balaban J connectivity index is 1.41. The number of para-hydroxylation sites is 1. The van der Waals surface area contributed by atoms with E-state index in [4.69, 9.17) is 14.2 Å². The molecular formula is C21H20N8O5. The van der Waals surface area contributed by atoms with Gasteiger partial charge in [0.25, 0.3) is 11.6 Å². The Morgan fingerprint density at radius 3 is 2.59 bits per heavy atom. The lowest BCUT2D eigenvalue weighted by Crippen LogP contribution is -2.37. The van der Waals surface area contributed by atoms with Crippen LogP contribution in [0.1, 0.15) is 5.56 Å². The van der Waals surface area contributed by atoms with Crippen LogP contribution < -0.4 is 19.7 Å². The summed E-state index contributed by atoms with van der Waals surface area (Å²) in [6.07, 6.45) is 0. The smallest absolute Gasteiger partial charge is 0.278 e. The van der Waals surface area contributed by atoms with Crippen molar-refractivity contribution in [1.29, 1.82) is 0 Å². The molecule has 0 amide bonds. The highest BCUT2D eigenvalue weighted by molar-refractivity contribution is 5.56. The second kappa shape index (κ2) is 9.62. The van der Waals surface area contributed by atoms with Gasteiger partial charge in [-0.3, -0.25) is 10.1 Å². The van der Waals surface area contributed by atoms with Crippen LogP contribution in [0.4, 0.5) is 29.2 Å². The van der Waals surface area contributed by atoms with Crippen molar-refractivity contribution in [1.82, 2.24) is 15.0 Å². The van der Waals surface area contributed by atoms with E-state index < -0.39 is 4.92 Å². The number of ether oxygens (including phenoxy) is 3. The SMILES string of the molecule is O=[N+]([O-])c1cc2c(cc1CN=Nc1nc(Nc3ccccc3)nc(N3CCOCC3)n1)OCO2. The molecule has 34 heavy (non-hydrogen) atoms. The fourth-order valence-electron chi connectivity index (χ4n) is 3.45. The number of fused-ring (bicyclic) bond motifs is 1. The van der Waals surface area contributed by atoms with Crippen molar-refractivity contribution in [3.05, 3.63) is 58.1 Å². The zero-order chi connectivity index (χ0) is 23.3. The minimum atomic E-state index is -0.492. The normalized spacial score (nSPS) is 15.0. The first-order chi connectivity index (χ1) is 16.7. The fraction of sp³-hybridized carbons (Fsp3) is 0.286. The lowest BCUT2D eigenvalue weighted by Gasteiger charge is -2.26.